The molecule has 0 heterocycles. The zero-order valence-corrected chi connectivity index (χ0v) is 9.37. The molecule has 0 aliphatic heterocycles. The first kappa shape index (κ1) is 12.5. The number of nitrogens with two attached hydrogens (primary N) is 1. The van der Waals surface area contributed by atoms with Gasteiger partial charge in [0.05, 0.1) is 0 Å². The van der Waals surface area contributed by atoms with Crippen LogP contribution in [0.15, 0.2) is 0 Å². The number of aliphatic carboxylic acids is 1. The SMILES string of the molecule is COC(CC1(CCN)CCCC1)C(=O)O. The summed E-state index contributed by atoms with van der Waals surface area (Å²) in [4.78, 5) is 10.9. The monoisotopic (exact) mass is 215 g/mol. The third-order valence-corrected chi connectivity index (χ3v) is 3.52. The molecular formula is C11H21NO3. The van der Waals surface area contributed by atoms with Crippen molar-refractivity contribution in [1.29, 1.82) is 0 Å². The van der Waals surface area contributed by atoms with Gasteiger partial charge >= 0.3 is 5.97 Å². The maximum Gasteiger partial charge on any atom is 0.332 e. The number of ether oxygens (including phenoxy) is 1. The molecule has 4 nitrogen and oxygen atoms in total. The molecule has 3 N–H and O–H groups in total. The molecule has 1 aliphatic carbocycles. The van der Waals surface area contributed by atoms with Crippen molar-refractivity contribution in [2.24, 2.45) is 11.1 Å². The Labute approximate surface area is 90.8 Å². The van der Waals surface area contributed by atoms with E-state index in [0.717, 1.165) is 19.3 Å². The van der Waals surface area contributed by atoms with Crippen molar-refractivity contribution in [3.05, 3.63) is 0 Å². The molecule has 0 aromatic carbocycles. The van der Waals surface area contributed by atoms with E-state index in [2.05, 4.69) is 0 Å². The Morgan fingerprint density at radius 1 is 1.53 bits per heavy atom. The maximum absolute atomic E-state index is 10.9. The quantitative estimate of drug-likeness (QED) is 0.702. The third-order valence-electron chi connectivity index (χ3n) is 3.52. The Balaban J connectivity index is 2.60. The molecule has 0 amide bonds. The Morgan fingerprint density at radius 3 is 2.53 bits per heavy atom. The standard InChI is InChI=1S/C11H21NO3/c1-15-9(10(13)14)8-11(6-7-12)4-2-3-5-11/h9H,2-8,12H2,1H3,(H,13,14). The van der Waals surface area contributed by atoms with Crippen molar-refractivity contribution in [3.63, 3.8) is 0 Å². The van der Waals surface area contributed by atoms with E-state index in [-0.39, 0.29) is 5.41 Å². The van der Waals surface area contributed by atoms with Gasteiger partial charge in [0.2, 0.25) is 0 Å². The molecule has 1 saturated carbocycles. The van der Waals surface area contributed by atoms with Crippen molar-refractivity contribution < 1.29 is 14.6 Å². The largest absolute Gasteiger partial charge is 0.479 e. The Morgan fingerprint density at radius 2 is 2.13 bits per heavy atom. The van der Waals surface area contributed by atoms with Crippen LogP contribution < -0.4 is 5.73 Å². The summed E-state index contributed by atoms with van der Waals surface area (Å²) in [5.74, 6) is -0.860. The van der Waals surface area contributed by atoms with Gasteiger partial charge in [0.25, 0.3) is 0 Å². The van der Waals surface area contributed by atoms with Gasteiger partial charge in [-0.2, -0.15) is 0 Å². The van der Waals surface area contributed by atoms with Crippen LogP contribution in [-0.2, 0) is 9.53 Å². The fraction of sp³-hybridized carbons (Fsp3) is 0.909. The van der Waals surface area contributed by atoms with Gasteiger partial charge < -0.3 is 15.6 Å². The first-order valence-electron chi connectivity index (χ1n) is 5.59. The average molecular weight is 215 g/mol. The lowest BCUT2D eigenvalue weighted by Gasteiger charge is -2.30. The summed E-state index contributed by atoms with van der Waals surface area (Å²) in [5.41, 5.74) is 5.72. The number of hydrogen-bond acceptors (Lipinski definition) is 3. The molecule has 0 aromatic heterocycles. The van der Waals surface area contributed by atoms with Gasteiger partial charge in [-0.15, -0.1) is 0 Å². The highest BCUT2D eigenvalue weighted by molar-refractivity contribution is 5.72. The van der Waals surface area contributed by atoms with E-state index in [1.807, 2.05) is 0 Å². The van der Waals surface area contributed by atoms with E-state index in [4.69, 9.17) is 15.6 Å². The Kier molecular flexibility index (Phi) is 4.54. The molecule has 0 saturated heterocycles. The van der Waals surface area contributed by atoms with E-state index >= 15 is 0 Å². The van der Waals surface area contributed by atoms with Gasteiger partial charge in [0, 0.05) is 7.11 Å². The predicted octanol–water partition coefficient (Wildman–Crippen LogP) is 1.39. The molecule has 1 aliphatic rings. The number of rotatable bonds is 6. The van der Waals surface area contributed by atoms with Crippen LogP contribution in [0, 0.1) is 5.41 Å². The second-order valence-electron chi connectivity index (χ2n) is 4.51. The number of hydrogen-bond donors (Lipinski definition) is 2. The third kappa shape index (κ3) is 3.18. The topological polar surface area (TPSA) is 72.5 Å². The second-order valence-corrected chi connectivity index (χ2v) is 4.51. The predicted molar refractivity (Wildman–Crippen MR) is 57.6 cm³/mol. The number of carboxylic acids is 1. The van der Waals surface area contributed by atoms with Gasteiger partial charge in [0.1, 0.15) is 0 Å². The average Bonchev–Trinajstić information content (AvgIpc) is 2.63. The smallest absolute Gasteiger partial charge is 0.332 e. The molecule has 1 fully saturated rings. The van der Waals surface area contributed by atoms with Crippen LogP contribution in [0.4, 0.5) is 0 Å². The van der Waals surface area contributed by atoms with Crippen LogP contribution in [0.3, 0.4) is 0 Å². The van der Waals surface area contributed by atoms with Crippen LogP contribution >= 0.6 is 0 Å². The summed E-state index contributed by atoms with van der Waals surface area (Å²) in [6, 6.07) is 0. The molecule has 0 aromatic rings. The molecule has 0 radical (unpaired) electrons. The highest BCUT2D eigenvalue weighted by atomic mass is 16.5. The highest BCUT2D eigenvalue weighted by Crippen LogP contribution is 2.44. The first-order chi connectivity index (χ1) is 7.13. The number of carboxylic acid groups (broad SMARTS) is 1. The molecule has 88 valence electrons. The van der Waals surface area contributed by atoms with Crippen LogP contribution in [-0.4, -0.2) is 30.8 Å². The minimum Gasteiger partial charge on any atom is -0.479 e. The number of carbonyl (C=O) groups is 1. The zero-order valence-electron chi connectivity index (χ0n) is 9.37. The molecular weight excluding hydrogens is 194 g/mol. The van der Waals surface area contributed by atoms with Gasteiger partial charge in [-0.3, -0.25) is 0 Å². The first-order valence-corrected chi connectivity index (χ1v) is 5.59. The molecule has 1 unspecified atom stereocenters. The Hall–Kier alpha value is -0.610. The fourth-order valence-electron chi connectivity index (χ4n) is 2.65. The van der Waals surface area contributed by atoms with Crippen LogP contribution in [0.5, 0.6) is 0 Å². The summed E-state index contributed by atoms with van der Waals surface area (Å²) in [6.07, 6.45) is 5.42. The lowest BCUT2D eigenvalue weighted by atomic mass is 9.77. The summed E-state index contributed by atoms with van der Waals surface area (Å²) < 4.78 is 5.00. The van der Waals surface area contributed by atoms with Crippen molar-refractivity contribution in [2.75, 3.05) is 13.7 Å². The van der Waals surface area contributed by atoms with E-state index < -0.39 is 12.1 Å². The van der Waals surface area contributed by atoms with Gasteiger partial charge in [-0.1, -0.05) is 12.8 Å². The van der Waals surface area contributed by atoms with Crippen molar-refractivity contribution in [2.45, 2.75) is 44.6 Å². The van der Waals surface area contributed by atoms with E-state index in [1.54, 1.807) is 0 Å². The summed E-state index contributed by atoms with van der Waals surface area (Å²) in [6.45, 7) is 0.635. The minimum atomic E-state index is -0.860. The van der Waals surface area contributed by atoms with Crippen molar-refractivity contribution in [1.82, 2.24) is 0 Å². The molecule has 15 heavy (non-hydrogen) atoms. The van der Waals surface area contributed by atoms with Gasteiger partial charge in [-0.25, -0.2) is 4.79 Å². The Bertz CT molecular complexity index is 212. The van der Waals surface area contributed by atoms with Gasteiger partial charge in [0.15, 0.2) is 6.10 Å². The maximum atomic E-state index is 10.9. The lowest BCUT2D eigenvalue weighted by Crippen LogP contribution is -2.32. The molecule has 1 rings (SSSR count). The summed E-state index contributed by atoms with van der Waals surface area (Å²) >= 11 is 0. The number of methoxy groups -OCH3 is 1. The highest BCUT2D eigenvalue weighted by Gasteiger charge is 2.37. The molecule has 4 heteroatoms. The van der Waals surface area contributed by atoms with Gasteiger partial charge in [-0.05, 0) is 37.6 Å². The molecule has 0 bridgehead atoms. The summed E-state index contributed by atoms with van der Waals surface area (Å²) in [5, 5.41) is 8.96. The van der Waals surface area contributed by atoms with Crippen molar-refractivity contribution >= 4 is 5.97 Å². The van der Waals surface area contributed by atoms with E-state index in [9.17, 15) is 4.79 Å². The van der Waals surface area contributed by atoms with Crippen molar-refractivity contribution in [3.8, 4) is 0 Å². The normalized spacial score (nSPS) is 21.5. The lowest BCUT2D eigenvalue weighted by molar-refractivity contribution is -0.150. The zero-order chi connectivity index (χ0) is 11.3. The fourth-order valence-corrected chi connectivity index (χ4v) is 2.65. The summed E-state index contributed by atoms with van der Waals surface area (Å²) in [7, 11) is 1.46. The van der Waals surface area contributed by atoms with Crippen LogP contribution in [0.25, 0.3) is 0 Å². The molecule has 1 atom stereocenters. The second kappa shape index (κ2) is 5.47. The van der Waals surface area contributed by atoms with Crippen LogP contribution in [0.1, 0.15) is 38.5 Å². The minimum absolute atomic E-state index is 0.119. The van der Waals surface area contributed by atoms with E-state index in [1.165, 1.54) is 20.0 Å². The molecule has 0 spiro atoms. The van der Waals surface area contributed by atoms with E-state index in [0.29, 0.717) is 13.0 Å². The van der Waals surface area contributed by atoms with Crippen LogP contribution in [0.2, 0.25) is 0 Å².